The van der Waals surface area contributed by atoms with E-state index in [0.717, 1.165) is 24.0 Å². The highest BCUT2D eigenvalue weighted by molar-refractivity contribution is 14.0. The summed E-state index contributed by atoms with van der Waals surface area (Å²) in [6.45, 7) is 6.17. The van der Waals surface area contributed by atoms with E-state index in [1.54, 1.807) is 14.2 Å². The number of ether oxygens (including phenoxy) is 2. The number of hydrogen-bond donors (Lipinski definition) is 2. The minimum absolute atomic E-state index is 0. The molecule has 1 saturated carbocycles. The highest BCUT2D eigenvalue weighted by Crippen LogP contribution is 2.29. The van der Waals surface area contributed by atoms with Crippen LogP contribution >= 0.6 is 24.0 Å². The van der Waals surface area contributed by atoms with Crippen molar-refractivity contribution >= 4 is 29.9 Å². The summed E-state index contributed by atoms with van der Waals surface area (Å²) in [5.41, 5.74) is 0.845. The molecule has 0 saturated heterocycles. The molecule has 0 unspecified atom stereocenters. The number of aromatic nitrogens is 1. The molecule has 1 fully saturated rings. The summed E-state index contributed by atoms with van der Waals surface area (Å²) in [4.78, 5) is 8.55. The molecule has 1 aliphatic rings. The molecule has 2 rings (SSSR count). The third kappa shape index (κ3) is 7.65. The lowest BCUT2D eigenvalue weighted by Crippen LogP contribution is -2.45. The van der Waals surface area contributed by atoms with E-state index in [1.165, 1.54) is 12.8 Å². The summed E-state index contributed by atoms with van der Waals surface area (Å²) in [5.74, 6) is 2.18. The molecule has 7 heteroatoms. The van der Waals surface area contributed by atoms with Crippen LogP contribution in [0.2, 0.25) is 0 Å². The standard InChI is InChI=1S/C17H28N4O2.HI/c1-17(2,22-4)12-21-16(18-3)20-10-14-7-8-15(19-9-14)23-11-13-5-6-13;/h7-9,13H,5-6,10-12H2,1-4H3,(H2,18,20,21);1H. The predicted molar refractivity (Wildman–Crippen MR) is 107 cm³/mol. The van der Waals surface area contributed by atoms with Crippen molar-refractivity contribution in [1.82, 2.24) is 15.6 Å². The van der Waals surface area contributed by atoms with Crippen molar-refractivity contribution in [2.45, 2.75) is 38.8 Å². The first-order valence-corrected chi connectivity index (χ1v) is 8.10. The van der Waals surface area contributed by atoms with Gasteiger partial charge < -0.3 is 20.1 Å². The molecule has 1 aliphatic carbocycles. The summed E-state index contributed by atoms with van der Waals surface area (Å²) in [6.07, 6.45) is 4.41. The van der Waals surface area contributed by atoms with Gasteiger partial charge in [0.25, 0.3) is 0 Å². The van der Waals surface area contributed by atoms with Crippen LogP contribution in [-0.2, 0) is 11.3 Å². The molecule has 136 valence electrons. The zero-order chi connectivity index (χ0) is 16.7. The molecular weight excluding hydrogens is 419 g/mol. The second kappa shape index (κ2) is 10.0. The van der Waals surface area contributed by atoms with Gasteiger partial charge >= 0.3 is 0 Å². The van der Waals surface area contributed by atoms with Gasteiger partial charge in [-0.05, 0) is 38.2 Å². The van der Waals surface area contributed by atoms with Gasteiger partial charge in [-0.2, -0.15) is 0 Å². The van der Waals surface area contributed by atoms with Crippen LogP contribution < -0.4 is 15.4 Å². The van der Waals surface area contributed by atoms with Gasteiger partial charge in [0.15, 0.2) is 5.96 Å². The second-order valence-corrected chi connectivity index (χ2v) is 6.50. The molecule has 0 bridgehead atoms. The van der Waals surface area contributed by atoms with Crippen LogP contribution in [0.1, 0.15) is 32.3 Å². The molecule has 2 N–H and O–H groups in total. The fourth-order valence-electron chi connectivity index (χ4n) is 1.86. The first-order chi connectivity index (χ1) is 11.0. The molecule has 0 atom stereocenters. The van der Waals surface area contributed by atoms with E-state index in [-0.39, 0.29) is 29.6 Å². The summed E-state index contributed by atoms with van der Waals surface area (Å²) in [5, 5.41) is 6.52. The van der Waals surface area contributed by atoms with Crippen molar-refractivity contribution in [2.24, 2.45) is 10.9 Å². The summed E-state index contributed by atoms with van der Waals surface area (Å²) < 4.78 is 11.0. The van der Waals surface area contributed by atoms with Crippen LogP contribution in [0.3, 0.4) is 0 Å². The van der Waals surface area contributed by atoms with Crippen LogP contribution in [0.5, 0.6) is 5.88 Å². The smallest absolute Gasteiger partial charge is 0.213 e. The highest BCUT2D eigenvalue weighted by Gasteiger charge is 2.22. The van der Waals surface area contributed by atoms with E-state index < -0.39 is 0 Å². The first-order valence-electron chi connectivity index (χ1n) is 8.10. The van der Waals surface area contributed by atoms with Gasteiger partial charge in [0.1, 0.15) is 0 Å². The Morgan fingerprint density at radius 3 is 2.62 bits per heavy atom. The number of aliphatic imine (C=N–C) groups is 1. The lowest BCUT2D eigenvalue weighted by molar-refractivity contribution is 0.0268. The number of rotatable bonds is 8. The summed E-state index contributed by atoms with van der Waals surface area (Å²) >= 11 is 0. The van der Waals surface area contributed by atoms with Gasteiger partial charge in [-0.3, -0.25) is 4.99 Å². The Kier molecular flexibility index (Phi) is 8.75. The number of halogens is 1. The zero-order valence-corrected chi connectivity index (χ0v) is 17.3. The van der Waals surface area contributed by atoms with Crippen LogP contribution in [0.15, 0.2) is 23.3 Å². The first kappa shape index (κ1) is 21.0. The Hall–Kier alpha value is -1.09. The van der Waals surface area contributed by atoms with Gasteiger partial charge in [-0.15, -0.1) is 24.0 Å². The Morgan fingerprint density at radius 2 is 2.08 bits per heavy atom. The highest BCUT2D eigenvalue weighted by atomic mass is 127. The Balaban J connectivity index is 0.00000288. The number of methoxy groups -OCH3 is 1. The number of pyridine rings is 1. The number of nitrogens with one attached hydrogen (secondary N) is 2. The average Bonchev–Trinajstić information content (AvgIpc) is 3.38. The number of nitrogens with zero attached hydrogens (tertiary/aromatic N) is 2. The Bertz CT molecular complexity index is 516. The third-order valence-electron chi connectivity index (χ3n) is 3.88. The lowest BCUT2D eigenvalue weighted by atomic mass is 10.1. The van der Waals surface area contributed by atoms with Gasteiger partial charge in [0.05, 0.1) is 12.2 Å². The monoisotopic (exact) mass is 448 g/mol. The van der Waals surface area contributed by atoms with E-state index in [4.69, 9.17) is 9.47 Å². The van der Waals surface area contributed by atoms with Crippen LogP contribution in [-0.4, -0.2) is 43.9 Å². The van der Waals surface area contributed by atoms with Crippen molar-refractivity contribution in [3.05, 3.63) is 23.9 Å². The fraction of sp³-hybridized carbons (Fsp3) is 0.647. The van der Waals surface area contributed by atoms with E-state index in [0.29, 0.717) is 19.0 Å². The molecule has 0 amide bonds. The summed E-state index contributed by atoms with van der Waals surface area (Å²) in [6, 6.07) is 3.94. The topological polar surface area (TPSA) is 67.8 Å². The average molecular weight is 448 g/mol. The van der Waals surface area contributed by atoms with Crippen LogP contribution in [0.4, 0.5) is 0 Å². The minimum atomic E-state index is -0.236. The number of hydrogen-bond acceptors (Lipinski definition) is 4. The maximum Gasteiger partial charge on any atom is 0.213 e. The number of guanidine groups is 1. The zero-order valence-electron chi connectivity index (χ0n) is 15.0. The maximum atomic E-state index is 5.64. The fourth-order valence-corrected chi connectivity index (χ4v) is 1.86. The van der Waals surface area contributed by atoms with Crippen molar-refractivity contribution in [3.63, 3.8) is 0 Å². The van der Waals surface area contributed by atoms with Crippen molar-refractivity contribution < 1.29 is 9.47 Å². The predicted octanol–water partition coefficient (Wildman–Crippen LogP) is 2.58. The van der Waals surface area contributed by atoms with Crippen molar-refractivity contribution in [1.29, 1.82) is 0 Å². The molecule has 1 aromatic heterocycles. The molecule has 6 nitrogen and oxygen atoms in total. The van der Waals surface area contributed by atoms with E-state index >= 15 is 0 Å². The molecule has 0 spiro atoms. The van der Waals surface area contributed by atoms with Gasteiger partial charge in [0, 0.05) is 39.5 Å². The molecule has 0 aromatic carbocycles. The van der Waals surface area contributed by atoms with Crippen molar-refractivity contribution in [2.75, 3.05) is 27.3 Å². The second-order valence-electron chi connectivity index (χ2n) is 6.50. The van der Waals surface area contributed by atoms with Gasteiger partial charge in [0.2, 0.25) is 5.88 Å². The third-order valence-corrected chi connectivity index (χ3v) is 3.88. The SMILES string of the molecule is CN=C(NCc1ccc(OCC2CC2)nc1)NCC(C)(C)OC.I. The molecule has 0 radical (unpaired) electrons. The Morgan fingerprint density at radius 1 is 1.33 bits per heavy atom. The quantitative estimate of drug-likeness (QED) is 0.364. The lowest BCUT2D eigenvalue weighted by Gasteiger charge is -2.24. The normalized spacial score (nSPS) is 14.8. The Labute approximate surface area is 161 Å². The van der Waals surface area contributed by atoms with E-state index in [9.17, 15) is 0 Å². The molecular formula is C17H29IN4O2. The van der Waals surface area contributed by atoms with Crippen molar-refractivity contribution in [3.8, 4) is 5.88 Å². The molecule has 24 heavy (non-hydrogen) atoms. The summed E-state index contributed by atoms with van der Waals surface area (Å²) in [7, 11) is 3.46. The minimum Gasteiger partial charge on any atom is -0.477 e. The molecule has 1 aromatic rings. The van der Waals surface area contributed by atoms with Crippen LogP contribution in [0, 0.1) is 5.92 Å². The van der Waals surface area contributed by atoms with Gasteiger partial charge in [-0.25, -0.2) is 4.98 Å². The maximum absolute atomic E-state index is 5.64. The largest absolute Gasteiger partial charge is 0.477 e. The van der Waals surface area contributed by atoms with Gasteiger partial charge in [-0.1, -0.05) is 6.07 Å². The molecule has 1 heterocycles. The van der Waals surface area contributed by atoms with Crippen LogP contribution in [0.25, 0.3) is 0 Å². The van der Waals surface area contributed by atoms with E-state index in [2.05, 4.69) is 20.6 Å². The van der Waals surface area contributed by atoms with E-state index in [1.807, 2.05) is 32.2 Å². The molecule has 0 aliphatic heterocycles.